The second-order valence-electron chi connectivity index (χ2n) is 4.04. The van der Waals surface area contributed by atoms with Crippen LogP contribution in [0.15, 0.2) is 17.4 Å². The lowest BCUT2D eigenvalue weighted by Crippen LogP contribution is -2.32. The Labute approximate surface area is 108 Å². The predicted molar refractivity (Wildman–Crippen MR) is 61.3 cm³/mol. The Morgan fingerprint density at radius 3 is 2.74 bits per heavy atom. The number of aromatic nitrogens is 2. The van der Waals surface area contributed by atoms with Gasteiger partial charge in [0.15, 0.2) is 11.7 Å². The number of hydrogen-bond donors (Lipinski definition) is 5. The Morgan fingerprint density at radius 1 is 1.42 bits per heavy atom. The van der Waals surface area contributed by atoms with Crippen molar-refractivity contribution in [1.29, 1.82) is 0 Å². The summed E-state index contributed by atoms with van der Waals surface area (Å²) < 4.78 is 5.27. The van der Waals surface area contributed by atoms with E-state index in [0.717, 1.165) is 0 Å². The summed E-state index contributed by atoms with van der Waals surface area (Å²) in [6.45, 7) is -0.436. The van der Waals surface area contributed by atoms with E-state index in [-0.39, 0.29) is 17.4 Å². The minimum Gasteiger partial charge on any atom is -0.409 e. The van der Waals surface area contributed by atoms with E-state index in [9.17, 15) is 10.2 Å². The maximum atomic E-state index is 9.82. The van der Waals surface area contributed by atoms with E-state index in [0.29, 0.717) is 0 Å². The molecule has 0 aliphatic carbocycles. The van der Waals surface area contributed by atoms with Crippen LogP contribution in [0.25, 0.3) is 0 Å². The van der Waals surface area contributed by atoms with E-state index in [1.807, 2.05) is 0 Å². The standard InChI is InChI=1S/C10H14N4O5/c11-9(14-18)4-1-2-12-10(13-4)8-7(17)6(16)5(3-15)19-8/h1-2,5-8,15-18H,3H2,(H2,11,14)/t5-,6-,7-,8-/m1/s1. The molecule has 19 heavy (non-hydrogen) atoms. The summed E-state index contributed by atoms with van der Waals surface area (Å²) in [5.41, 5.74) is 5.55. The Bertz CT molecular complexity index is 483. The third-order valence-corrected chi connectivity index (χ3v) is 2.84. The lowest BCUT2D eigenvalue weighted by molar-refractivity contribution is -0.0253. The van der Waals surface area contributed by atoms with Crippen LogP contribution in [0.3, 0.4) is 0 Å². The Balaban J connectivity index is 2.28. The molecule has 2 rings (SSSR count). The summed E-state index contributed by atoms with van der Waals surface area (Å²) in [6.07, 6.45) is -3.04. The highest BCUT2D eigenvalue weighted by Gasteiger charge is 2.44. The highest BCUT2D eigenvalue weighted by molar-refractivity contribution is 5.95. The molecular weight excluding hydrogens is 256 g/mol. The van der Waals surface area contributed by atoms with E-state index in [1.165, 1.54) is 12.3 Å². The molecule has 4 atom stereocenters. The average molecular weight is 270 g/mol. The second kappa shape index (κ2) is 5.45. The van der Waals surface area contributed by atoms with Gasteiger partial charge < -0.3 is 31.0 Å². The summed E-state index contributed by atoms with van der Waals surface area (Å²) in [7, 11) is 0. The van der Waals surface area contributed by atoms with Crippen LogP contribution >= 0.6 is 0 Å². The first kappa shape index (κ1) is 13.6. The van der Waals surface area contributed by atoms with E-state index >= 15 is 0 Å². The van der Waals surface area contributed by atoms with Gasteiger partial charge in [-0.2, -0.15) is 0 Å². The minimum atomic E-state index is -1.26. The van der Waals surface area contributed by atoms with Crippen molar-refractivity contribution in [1.82, 2.24) is 9.97 Å². The van der Waals surface area contributed by atoms with Gasteiger partial charge in [-0.3, -0.25) is 0 Å². The molecule has 1 fully saturated rings. The van der Waals surface area contributed by atoms with Gasteiger partial charge in [0.2, 0.25) is 0 Å². The lowest BCUT2D eigenvalue weighted by Gasteiger charge is -2.13. The number of hydrogen-bond acceptors (Lipinski definition) is 8. The summed E-state index contributed by atoms with van der Waals surface area (Å²) >= 11 is 0. The van der Waals surface area contributed by atoms with Crippen molar-refractivity contribution in [3.8, 4) is 0 Å². The molecule has 0 radical (unpaired) electrons. The molecule has 2 heterocycles. The van der Waals surface area contributed by atoms with Crippen LogP contribution < -0.4 is 5.73 Å². The Hall–Kier alpha value is -1.81. The smallest absolute Gasteiger partial charge is 0.188 e. The van der Waals surface area contributed by atoms with Crippen LogP contribution in [0.1, 0.15) is 17.6 Å². The summed E-state index contributed by atoms with van der Waals surface area (Å²) in [4.78, 5) is 7.89. The zero-order valence-electron chi connectivity index (χ0n) is 9.79. The van der Waals surface area contributed by atoms with Crippen LogP contribution in [-0.2, 0) is 4.74 Å². The quantitative estimate of drug-likeness (QED) is 0.178. The number of nitrogens with two attached hydrogens (primary N) is 1. The number of rotatable bonds is 3. The van der Waals surface area contributed by atoms with Gasteiger partial charge >= 0.3 is 0 Å². The highest BCUT2D eigenvalue weighted by atomic mass is 16.6. The molecule has 0 unspecified atom stereocenters. The van der Waals surface area contributed by atoms with Crippen molar-refractivity contribution in [2.24, 2.45) is 10.9 Å². The lowest BCUT2D eigenvalue weighted by atomic mass is 10.1. The number of oxime groups is 1. The Morgan fingerprint density at radius 2 is 2.16 bits per heavy atom. The van der Waals surface area contributed by atoms with Gasteiger partial charge in [0.05, 0.1) is 6.61 Å². The maximum absolute atomic E-state index is 9.82. The SMILES string of the molecule is N/C(=N\O)c1ccnc([C@@H]2O[C@H](CO)[C@@H](O)[C@H]2O)n1. The van der Waals surface area contributed by atoms with Crippen molar-refractivity contribution < 1.29 is 25.3 Å². The van der Waals surface area contributed by atoms with Crippen molar-refractivity contribution in [2.75, 3.05) is 6.61 Å². The van der Waals surface area contributed by atoms with E-state index in [1.54, 1.807) is 0 Å². The number of aliphatic hydroxyl groups excluding tert-OH is 3. The number of amidine groups is 1. The molecule has 0 aromatic carbocycles. The van der Waals surface area contributed by atoms with Crippen LogP contribution in [-0.4, -0.2) is 61.2 Å². The molecule has 104 valence electrons. The molecule has 0 bridgehead atoms. The third kappa shape index (κ3) is 2.49. The van der Waals surface area contributed by atoms with Crippen LogP contribution in [0.2, 0.25) is 0 Å². The van der Waals surface area contributed by atoms with Gasteiger partial charge in [-0.25, -0.2) is 9.97 Å². The van der Waals surface area contributed by atoms with Gasteiger partial charge in [0.25, 0.3) is 0 Å². The molecule has 1 aromatic rings. The highest BCUT2D eigenvalue weighted by Crippen LogP contribution is 2.31. The van der Waals surface area contributed by atoms with Crippen molar-refractivity contribution in [3.63, 3.8) is 0 Å². The van der Waals surface area contributed by atoms with Crippen LogP contribution in [0.5, 0.6) is 0 Å². The summed E-state index contributed by atoms with van der Waals surface area (Å²) in [5, 5.41) is 39.8. The molecule has 1 aliphatic heterocycles. The molecule has 0 amide bonds. The zero-order chi connectivity index (χ0) is 14.0. The average Bonchev–Trinajstić information content (AvgIpc) is 2.74. The molecule has 1 aromatic heterocycles. The zero-order valence-corrected chi connectivity index (χ0v) is 9.79. The monoisotopic (exact) mass is 270 g/mol. The number of aliphatic hydroxyl groups is 3. The fraction of sp³-hybridized carbons (Fsp3) is 0.500. The second-order valence-corrected chi connectivity index (χ2v) is 4.04. The first-order valence-corrected chi connectivity index (χ1v) is 5.51. The fourth-order valence-corrected chi connectivity index (χ4v) is 1.82. The van der Waals surface area contributed by atoms with Crippen LogP contribution in [0, 0.1) is 0 Å². The van der Waals surface area contributed by atoms with E-state index in [2.05, 4.69) is 15.1 Å². The third-order valence-electron chi connectivity index (χ3n) is 2.84. The normalized spacial score (nSPS) is 31.6. The topological polar surface area (TPSA) is 154 Å². The molecule has 0 saturated carbocycles. The van der Waals surface area contributed by atoms with Gasteiger partial charge in [0.1, 0.15) is 30.1 Å². The molecule has 1 aliphatic rings. The van der Waals surface area contributed by atoms with Gasteiger partial charge in [-0.05, 0) is 6.07 Å². The summed E-state index contributed by atoms with van der Waals surface area (Å²) in [5.74, 6) is -0.137. The fourth-order valence-electron chi connectivity index (χ4n) is 1.82. The number of ether oxygens (including phenoxy) is 1. The molecule has 1 saturated heterocycles. The first-order valence-electron chi connectivity index (χ1n) is 5.51. The van der Waals surface area contributed by atoms with Crippen molar-refractivity contribution in [2.45, 2.75) is 24.4 Å². The summed E-state index contributed by atoms with van der Waals surface area (Å²) in [6, 6.07) is 1.42. The molecule has 9 heteroatoms. The molecule has 6 N–H and O–H groups in total. The minimum absolute atomic E-state index is 0.0756. The van der Waals surface area contributed by atoms with Crippen LogP contribution in [0.4, 0.5) is 0 Å². The first-order chi connectivity index (χ1) is 9.08. The van der Waals surface area contributed by atoms with E-state index < -0.39 is 31.0 Å². The molecular formula is C10H14N4O5. The van der Waals surface area contributed by atoms with Crippen molar-refractivity contribution in [3.05, 3.63) is 23.8 Å². The molecule has 0 spiro atoms. The molecule has 9 nitrogen and oxygen atoms in total. The van der Waals surface area contributed by atoms with E-state index in [4.69, 9.17) is 20.8 Å². The van der Waals surface area contributed by atoms with Gasteiger partial charge in [-0.15, -0.1) is 0 Å². The largest absolute Gasteiger partial charge is 0.409 e. The number of nitrogens with zero attached hydrogens (tertiary/aromatic N) is 3. The Kier molecular flexibility index (Phi) is 3.90. The van der Waals surface area contributed by atoms with Crippen molar-refractivity contribution >= 4 is 5.84 Å². The predicted octanol–water partition coefficient (Wildman–Crippen LogP) is -2.27. The van der Waals surface area contributed by atoms with Gasteiger partial charge in [-0.1, -0.05) is 5.16 Å². The van der Waals surface area contributed by atoms with Gasteiger partial charge in [0, 0.05) is 6.20 Å². The maximum Gasteiger partial charge on any atom is 0.188 e.